The molecule has 1 aromatic rings. The van der Waals surface area contributed by atoms with Crippen molar-refractivity contribution in [2.75, 3.05) is 0 Å². The van der Waals surface area contributed by atoms with Crippen LogP contribution in [0.4, 0.5) is 0 Å². The van der Waals surface area contributed by atoms with E-state index in [1.807, 2.05) is 0 Å². The van der Waals surface area contributed by atoms with Crippen molar-refractivity contribution in [1.29, 1.82) is 0 Å². The van der Waals surface area contributed by atoms with Gasteiger partial charge in [0.15, 0.2) is 0 Å². The third kappa shape index (κ3) is 4.77. The van der Waals surface area contributed by atoms with Gasteiger partial charge in [0.2, 0.25) is 0 Å². The first-order chi connectivity index (χ1) is 9.65. The van der Waals surface area contributed by atoms with Crippen molar-refractivity contribution < 1.29 is 4.79 Å². The third-order valence-electron chi connectivity index (χ3n) is 4.60. The van der Waals surface area contributed by atoms with Crippen LogP contribution in [0.3, 0.4) is 0 Å². The zero-order valence-electron chi connectivity index (χ0n) is 13.0. The summed E-state index contributed by atoms with van der Waals surface area (Å²) in [7, 11) is 0. The lowest BCUT2D eigenvalue weighted by molar-refractivity contribution is -0.118. The summed E-state index contributed by atoms with van der Waals surface area (Å²) in [5.74, 6) is 1.79. The SMILES string of the molecule is CC(C)c1ccc(CC(=O)CCC2CCCCC2)cc1. The van der Waals surface area contributed by atoms with E-state index in [0.717, 1.165) is 18.8 Å². The Labute approximate surface area is 123 Å². The maximum atomic E-state index is 12.1. The summed E-state index contributed by atoms with van der Waals surface area (Å²) < 4.78 is 0. The van der Waals surface area contributed by atoms with Crippen LogP contribution in [-0.2, 0) is 11.2 Å². The van der Waals surface area contributed by atoms with Crippen LogP contribution < -0.4 is 0 Å². The molecule has 2 rings (SSSR count). The van der Waals surface area contributed by atoms with Gasteiger partial charge < -0.3 is 0 Å². The molecule has 0 bridgehead atoms. The molecule has 0 aliphatic heterocycles. The van der Waals surface area contributed by atoms with Crippen molar-refractivity contribution in [2.24, 2.45) is 5.92 Å². The number of rotatable bonds is 6. The molecular formula is C19H28O. The Bertz CT molecular complexity index is 410. The Kier molecular flexibility index (Phi) is 5.82. The molecule has 110 valence electrons. The van der Waals surface area contributed by atoms with E-state index in [2.05, 4.69) is 38.1 Å². The Morgan fingerprint density at radius 1 is 1.10 bits per heavy atom. The molecule has 0 N–H and O–H groups in total. The Morgan fingerprint density at radius 2 is 1.75 bits per heavy atom. The molecule has 0 atom stereocenters. The minimum absolute atomic E-state index is 0.410. The van der Waals surface area contributed by atoms with E-state index in [1.165, 1.54) is 43.2 Å². The maximum Gasteiger partial charge on any atom is 0.137 e. The Hall–Kier alpha value is -1.11. The zero-order chi connectivity index (χ0) is 14.4. The van der Waals surface area contributed by atoms with Crippen LogP contribution in [0.15, 0.2) is 24.3 Å². The number of hydrogen-bond acceptors (Lipinski definition) is 1. The van der Waals surface area contributed by atoms with Gasteiger partial charge in [-0.25, -0.2) is 0 Å². The summed E-state index contributed by atoms with van der Waals surface area (Å²) >= 11 is 0. The first-order valence-corrected chi connectivity index (χ1v) is 8.25. The molecule has 0 heterocycles. The normalized spacial score (nSPS) is 16.6. The molecule has 1 aromatic carbocycles. The van der Waals surface area contributed by atoms with Crippen LogP contribution in [0.1, 0.15) is 75.8 Å². The zero-order valence-corrected chi connectivity index (χ0v) is 13.0. The monoisotopic (exact) mass is 272 g/mol. The molecule has 0 unspecified atom stereocenters. The van der Waals surface area contributed by atoms with Crippen molar-refractivity contribution in [1.82, 2.24) is 0 Å². The van der Waals surface area contributed by atoms with Gasteiger partial charge in [-0.05, 0) is 29.4 Å². The lowest BCUT2D eigenvalue weighted by atomic mass is 9.85. The molecule has 0 saturated heterocycles. The molecule has 0 radical (unpaired) electrons. The van der Waals surface area contributed by atoms with E-state index in [9.17, 15) is 4.79 Å². The molecule has 20 heavy (non-hydrogen) atoms. The lowest BCUT2D eigenvalue weighted by Gasteiger charge is -2.20. The van der Waals surface area contributed by atoms with Crippen molar-refractivity contribution >= 4 is 5.78 Å². The predicted molar refractivity (Wildman–Crippen MR) is 85.1 cm³/mol. The molecule has 1 nitrogen and oxygen atoms in total. The topological polar surface area (TPSA) is 17.1 Å². The molecule has 1 fully saturated rings. The lowest BCUT2D eigenvalue weighted by Crippen LogP contribution is -2.10. The van der Waals surface area contributed by atoms with E-state index < -0.39 is 0 Å². The smallest absolute Gasteiger partial charge is 0.137 e. The molecule has 1 saturated carbocycles. The Balaban J connectivity index is 1.75. The van der Waals surface area contributed by atoms with Crippen LogP contribution >= 0.6 is 0 Å². The van der Waals surface area contributed by atoms with E-state index in [0.29, 0.717) is 18.1 Å². The van der Waals surface area contributed by atoms with Gasteiger partial charge in [-0.2, -0.15) is 0 Å². The molecular weight excluding hydrogens is 244 g/mol. The fourth-order valence-corrected chi connectivity index (χ4v) is 3.18. The quantitative estimate of drug-likeness (QED) is 0.688. The van der Waals surface area contributed by atoms with Gasteiger partial charge in [0.1, 0.15) is 5.78 Å². The number of carbonyl (C=O) groups is 1. The van der Waals surface area contributed by atoms with Gasteiger partial charge in [0.05, 0.1) is 0 Å². The average molecular weight is 272 g/mol. The number of Topliss-reactive ketones (excluding diaryl/α,β-unsaturated/α-hetero) is 1. The number of ketones is 1. The third-order valence-corrected chi connectivity index (χ3v) is 4.60. The van der Waals surface area contributed by atoms with Gasteiger partial charge in [-0.3, -0.25) is 4.79 Å². The van der Waals surface area contributed by atoms with Gasteiger partial charge >= 0.3 is 0 Å². The van der Waals surface area contributed by atoms with Crippen LogP contribution in [0, 0.1) is 5.92 Å². The minimum atomic E-state index is 0.410. The van der Waals surface area contributed by atoms with Gasteiger partial charge in [0, 0.05) is 12.8 Å². The van der Waals surface area contributed by atoms with E-state index >= 15 is 0 Å². The predicted octanol–water partition coefficient (Wildman–Crippen LogP) is 5.28. The van der Waals surface area contributed by atoms with Crippen LogP contribution in [0.5, 0.6) is 0 Å². The highest BCUT2D eigenvalue weighted by Gasteiger charge is 2.15. The molecule has 0 amide bonds. The summed E-state index contributed by atoms with van der Waals surface area (Å²) in [5, 5.41) is 0. The first kappa shape index (κ1) is 15.3. The molecule has 1 aliphatic rings. The highest BCUT2D eigenvalue weighted by molar-refractivity contribution is 5.80. The highest BCUT2D eigenvalue weighted by Crippen LogP contribution is 2.27. The van der Waals surface area contributed by atoms with Crippen LogP contribution in [-0.4, -0.2) is 5.78 Å². The second kappa shape index (κ2) is 7.61. The van der Waals surface area contributed by atoms with Crippen molar-refractivity contribution in [2.45, 2.75) is 71.1 Å². The summed E-state index contributed by atoms with van der Waals surface area (Å²) in [6.45, 7) is 4.40. The fourth-order valence-electron chi connectivity index (χ4n) is 3.18. The van der Waals surface area contributed by atoms with Crippen molar-refractivity contribution in [3.05, 3.63) is 35.4 Å². The van der Waals surface area contributed by atoms with Crippen molar-refractivity contribution in [3.8, 4) is 0 Å². The van der Waals surface area contributed by atoms with Gasteiger partial charge in [0.25, 0.3) is 0 Å². The fraction of sp³-hybridized carbons (Fsp3) is 0.632. The number of carbonyl (C=O) groups excluding carboxylic acids is 1. The van der Waals surface area contributed by atoms with E-state index in [4.69, 9.17) is 0 Å². The number of benzene rings is 1. The van der Waals surface area contributed by atoms with Gasteiger partial charge in [-0.15, -0.1) is 0 Å². The summed E-state index contributed by atoms with van der Waals surface area (Å²) in [5.41, 5.74) is 2.52. The number of hydrogen-bond donors (Lipinski definition) is 0. The largest absolute Gasteiger partial charge is 0.299 e. The highest BCUT2D eigenvalue weighted by atomic mass is 16.1. The first-order valence-electron chi connectivity index (χ1n) is 8.25. The molecule has 0 spiro atoms. The summed E-state index contributed by atoms with van der Waals surface area (Å²) in [4.78, 5) is 12.1. The maximum absolute atomic E-state index is 12.1. The molecule has 1 heteroatoms. The van der Waals surface area contributed by atoms with Crippen LogP contribution in [0.2, 0.25) is 0 Å². The van der Waals surface area contributed by atoms with E-state index in [1.54, 1.807) is 0 Å². The summed E-state index contributed by atoms with van der Waals surface area (Å²) in [6, 6.07) is 8.56. The van der Waals surface area contributed by atoms with Crippen LogP contribution in [0.25, 0.3) is 0 Å². The standard InChI is InChI=1S/C19H28O/c1-15(2)18-11-8-17(9-12-18)14-19(20)13-10-16-6-4-3-5-7-16/h8-9,11-12,15-16H,3-7,10,13-14H2,1-2H3. The molecule has 1 aliphatic carbocycles. The van der Waals surface area contributed by atoms with E-state index in [-0.39, 0.29) is 0 Å². The second-order valence-corrected chi connectivity index (χ2v) is 6.65. The van der Waals surface area contributed by atoms with Gasteiger partial charge in [-0.1, -0.05) is 70.2 Å². The average Bonchev–Trinajstić information content (AvgIpc) is 2.47. The summed E-state index contributed by atoms with van der Waals surface area (Å²) in [6.07, 6.45) is 9.33. The minimum Gasteiger partial charge on any atom is -0.299 e. The Morgan fingerprint density at radius 3 is 2.35 bits per heavy atom. The second-order valence-electron chi connectivity index (χ2n) is 6.65. The van der Waals surface area contributed by atoms with Crippen molar-refractivity contribution in [3.63, 3.8) is 0 Å². The molecule has 0 aromatic heterocycles.